The molecule has 2 fully saturated rings. The molecule has 2 rings (SSSR count). The maximum atomic E-state index is 12.5. The highest BCUT2D eigenvalue weighted by Gasteiger charge is 2.41. The van der Waals surface area contributed by atoms with E-state index in [9.17, 15) is 4.79 Å². The summed E-state index contributed by atoms with van der Waals surface area (Å²) >= 11 is 0. The fourth-order valence-electron chi connectivity index (χ4n) is 3.50. The number of carbonyl (C=O) groups excluding carboxylic acids is 1. The first-order valence-electron chi connectivity index (χ1n) is 7.60. The summed E-state index contributed by atoms with van der Waals surface area (Å²) in [6, 6.07) is 0.516. The standard InChI is InChI=1S/C15H28N2O/c1-5-10(2)14-15(18)17(9-16-14)13-8-6-7-11(3)12(13)4/h10-14,16H,5-9H2,1-4H3. The Morgan fingerprint density at radius 1 is 1.39 bits per heavy atom. The Balaban J connectivity index is 2.04. The molecule has 5 atom stereocenters. The first kappa shape index (κ1) is 13.9. The monoisotopic (exact) mass is 252 g/mol. The van der Waals surface area contributed by atoms with Crippen LogP contribution >= 0.6 is 0 Å². The van der Waals surface area contributed by atoms with Gasteiger partial charge >= 0.3 is 0 Å². The van der Waals surface area contributed by atoms with Crippen LogP contribution in [0.2, 0.25) is 0 Å². The van der Waals surface area contributed by atoms with Crippen LogP contribution in [0.25, 0.3) is 0 Å². The Bertz CT molecular complexity index is 305. The van der Waals surface area contributed by atoms with Crippen molar-refractivity contribution in [1.82, 2.24) is 10.2 Å². The second-order valence-corrected chi connectivity index (χ2v) is 6.37. The maximum Gasteiger partial charge on any atom is 0.241 e. The van der Waals surface area contributed by atoms with E-state index in [1.54, 1.807) is 0 Å². The highest BCUT2D eigenvalue weighted by molar-refractivity contribution is 5.84. The van der Waals surface area contributed by atoms with Gasteiger partial charge in [0.25, 0.3) is 0 Å². The summed E-state index contributed by atoms with van der Waals surface area (Å²) in [6.45, 7) is 9.74. The first-order chi connectivity index (χ1) is 8.56. The zero-order valence-electron chi connectivity index (χ0n) is 12.3. The number of hydrogen-bond donors (Lipinski definition) is 1. The number of nitrogens with zero attached hydrogens (tertiary/aromatic N) is 1. The van der Waals surface area contributed by atoms with Crippen molar-refractivity contribution in [2.24, 2.45) is 17.8 Å². The van der Waals surface area contributed by atoms with Gasteiger partial charge < -0.3 is 4.90 Å². The molecule has 1 saturated carbocycles. The molecule has 3 nitrogen and oxygen atoms in total. The lowest BCUT2D eigenvalue weighted by atomic mass is 9.77. The van der Waals surface area contributed by atoms with Gasteiger partial charge in [-0.05, 0) is 24.2 Å². The lowest BCUT2D eigenvalue weighted by Gasteiger charge is -2.39. The molecule has 18 heavy (non-hydrogen) atoms. The molecule has 1 N–H and O–H groups in total. The molecule has 0 aromatic heterocycles. The van der Waals surface area contributed by atoms with E-state index in [-0.39, 0.29) is 6.04 Å². The van der Waals surface area contributed by atoms with Crippen molar-refractivity contribution in [1.29, 1.82) is 0 Å². The molecule has 1 heterocycles. The summed E-state index contributed by atoms with van der Waals surface area (Å²) in [5.41, 5.74) is 0. The van der Waals surface area contributed by atoms with Gasteiger partial charge in [-0.3, -0.25) is 10.1 Å². The van der Waals surface area contributed by atoms with E-state index in [0.717, 1.165) is 19.0 Å². The van der Waals surface area contributed by atoms with Crippen molar-refractivity contribution in [3.05, 3.63) is 0 Å². The van der Waals surface area contributed by atoms with Crippen molar-refractivity contribution >= 4 is 5.91 Å². The van der Waals surface area contributed by atoms with Crippen LogP contribution in [0.5, 0.6) is 0 Å². The Labute approximate surface area is 111 Å². The molecule has 0 spiro atoms. The minimum Gasteiger partial charge on any atom is -0.325 e. The molecule has 5 unspecified atom stereocenters. The zero-order valence-corrected chi connectivity index (χ0v) is 12.3. The largest absolute Gasteiger partial charge is 0.325 e. The molecule has 1 aliphatic carbocycles. The summed E-state index contributed by atoms with van der Waals surface area (Å²) in [5.74, 6) is 2.17. The third-order valence-corrected chi connectivity index (χ3v) is 5.31. The molecule has 3 heteroatoms. The molecule has 1 aliphatic heterocycles. The quantitative estimate of drug-likeness (QED) is 0.837. The molecule has 0 aromatic rings. The minimum atomic E-state index is 0.0550. The lowest BCUT2D eigenvalue weighted by Crippen LogP contribution is -2.46. The van der Waals surface area contributed by atoms with Crippen LogP contribution in [-0.2, 0) is 4.79 Å². The predicted octanol–water partition coefficient (Wildman–Crippen LogP) is 2.62. The second-order valence-electron chi connectivity index (χ2n) is 6.37. The zero-order chi connectivity index (χ0) is 13.3. The summed E-state index contributed by atoms with van der Waals surface area (Å²) in [7, 11) is 0. The number of rotatable bonds is 3. The van der Waals surface area contributed by atoms with Crippen LogP contribution in [0.15, 0.2) is 0 Å². The summed E-state index contributed by atoms with van der Waals surface area (Å²) < 4.78 is 0. The Morgan fingerprint density at radius 2 is 2.11 bits per heavy atom. The Hall–Kier alpha value is -0.570. The van der Waals surface area contributed by atoms with Gasteiger partial charge in [-0.1, -0.05) is 47.0 Å². The molecule has 0 radical (unpaired) electrons. The van der Waals surface area contributed by atoms with E-state index in [2.05, 4.69) is 37.9 Å². The number of carbonyl (C=O) groups is 1. The first-order valence-corrected chi connectivity index (χ1v) is 7.60. The smallest absolute Gasteiger partial charge is 0.241 e. The molecule has 104 valence electrons. The molecule has 1 amide bonds. The predicted molar refractivity (Wildman–Crippen MR) is 74.1 cm³/mol. The van der Waals surface area contributed by atoms with Crippen LogP contribution in [0.3, 0.4) is 0 Å². The summed E-state index contributed by atoms with van der Waals surface area (Å²) in [4.78, 5) is 14.6. The van der Waals surface area contributed by atoms with Crippen molar-refractivity contribution in [3.8, 4) is 0 Å². The topological polar surface area (TPSA) is 32.3 Å². The van der Waals surface area contributed by atoms with Gasteiger partial charge in [-0.25, -0.2) is 0 Å². The van der Waals surface area contributed by atoms with E-state index in [1.807, 2.05) is 0 Å². The van der Waals surface area contributed by atoms with Crippen molar-refractivity contribution < 1.29 is 4.79 Å². The average molecular weight is 252 g/mol. The highest BCUT2D eigenvalue weighted by atomic mass is 16.2. The number of nitrogens with one attached hydrogen (secondary N) is 1. The van der Waals surface area contributed by atoms with Gasteiger partial charge in [0.15, 0.2) is 0 Å². The van der Waals surface area contributed by atoms with E-state index >= 15 is 0 Å². The van der Waals surface area contributed by atoms with E-state index in [0.29, 0.717) is 23.8 Å². The molecule has 2 aliphatic rings. The van der Waals surface area contributed by atoms with Gasteiger partial charge in [-0.2, -0.15) is 0 Å². The van der Waals surface area contributed by atoms with Gasteiger partial charge in [0.1, 0.15) is 0 Å². The fourth-order valence-corrected chi connectivity index (χ4v) is 3.50. The van der Waals surface area contributed by atoms with Crippen LogP contribution in [-0.4, -0.2) is 29.6 Å². The van der Waals surface area contributed by atoms with Gasteiger partial charge in [0.2, 0.25) is 5.91 Å². The van der Waals surface area contributed by atoms with Crippen molar-refractivity contribution in [2.75, 3.05) is 6.67 Å². The summed E-state index contributed by atoms with van der Waals surface area (Å²) in [5, 5.41) is 3.42. The van der Waals surface area contributed by atoms with Crippen molar-refractivity contribution in [3.63, 3.8) is 0 Å². The Morgan fingerprint density at radius 3 is 2.78 bits per heavy atom. The van der Waals surface area contributed by atoms with Crippen LogP contribution in [0, 0.1) is 17.8 Å². The van der Waals surface area contributed by atoms with Crippen LogP contribution < -0.4 is 5.32 Å². The lowest BCUT2D eigenvalue weighted by molar-refractivity contribution is -0.133. The van der Waals surface area contributed by atoms with Gasteiger partial charge in [0, 0.05) is 6.04 Å². The maximum absolute atomic E-state index is 12.5. The molecule has 1 saturated heterocycles. The normalized spacial score (nSPS) is 39.1. The average Bonchev–Trinajstić information content (AvgIpc) is 2.74. The molecule has 0 aromatic carbocycles. The highest BCUT2D eigenvalue weighted by Crippen LogP contribution is 2.34. The Kier molecular flexibility index (Phi) is 4.31. The molecule has 0 bridgehead atoms. The van der Waals surface area contributed by atoms with E-state index < -0.39 is 0 Å². The van der Waals surface area contributed by atoms with Crippen LogP contribution in [0.4, 0.5) is 0 Å². The van der Waals surface area contributed by atoms with Gasteiger partial charge in [-0.15, -0.1) is 0 Å². The third kappa shape index (κ3) is 2.42. The van der Waals surface area contributed by atoms with Crippen LogP contribution in [0.1, 0.15) is 53.4 Å². The third-order valence-electron chi connectivity index (χ3n) is 5.31. The number of hydrogen-bond acceptors (Lipinski definition) is 2. The van der Waals surface area contributed by atoms with E-state index in [4.69, 9.17) is 0 Å². The fraction of sp³-hybridized carbons (Fsp3) is 0.933. The van der Waals surface area contributed by atoms with Gasteiger partial charge in [0.05, 0.1) is 12.7 Å². The summed E-state index contributed by atoms with van der Waals surface area (Å²) in [6.07, 6.45) is 4.84. The second kappa shape index (κ2) is 5.60. The van der Waals surface area contributed by atoms with E-state index in [1.165, 1.54) is 19.3 Å². The van der Waals surface area contributed by atoms with Crippen molar-refractivity contribution in [2.45, 2.75) is 65.5 Å². The minimum absolute atomic E-state index is 0.0550. The SMILES string of the molecule is CCC(C)C1NCN(C2CCCC(C)C2C)C1=O. The number of amides is 1. The molecular weight excluding hydrogens is 224 g/mol. The molecular formula is C15H28N2O.